The van der Waals surface area contributed by atoms with E-state index in [1.54, 1.807) is 18.2 Å². The third-order valence-electron chi connectivity index (χ3n) is 3.34. The third kappa shape index (κ3) is 5.48. The predicted molar refractivity (Wildman–Crippen MR) is 96.6 cm³/mol. The number of nitrogens with one attached hydrogen (secondary N) is 1. The molecule has 7 heteroatoms. The lowest BCUT2D eigenvalue weighted by Gasteiger charge is -2.06. The van der Waals surface area contributed by atoms with Gasteiger partial charge in [-0.05, 0) is 36.4 Å². The molecule has 0 radical (unpaired) electrons. The zero-order valence-electron chi connectivity index (χ0n) is 14.1. The van der Waals surface area contributed by atoms with Crippen LogP contribution < -0.4 is 15.8 Å². The van der Waals surface area contributed by atoms with Crippen LogP contribution in [-0.2, 0) is 14.3 Å². The van der Waals surface area contributed by atoms with Gasteiger partial charge in [-0.3, -0.25) is 9.59 Å². The number of rotatable bonds is 7. The maximum atomic E-state index is 11.8. The van der Waals surface area contributed by atoms with E-state index in [1.165, 1.54) is 37.5 Å². The van der Waals surface area contributed by atoms with Crippen molar-refractivity contribution in [2.45, 2.75) is 0 Å². The number of anilines is 1. The van der Waals surface area contributed by atoms with E-state index in [4.69, 9.17) is 15.2 Å². The Kier molecular flexibility index (Phi) is 6.50. The fourth-order valence-corrected chi connectivity index (χ4v) is 2.06. The zero-order chi connectivity index (χ0) is 18.9. The molecule has 0 aliphatic heterocycles. The van der Waals surface area contributed by atoms with Crippen molar-refractivity contribution >= 4 is 29.5 Å². The van der Waals surface area contributed by atoms with Gasteiger partial charge in [0.05, 0.1) is 7.11 Å². The van der Waals surface area contributed by atoms with Gasteiger partial charge in [0.25, 0.3) is 5.91 Å². The number of carbonyl (C=O) groups excluding carboxylic acids is 3. The molecule has 0 heterocycles. The Morgan fingerprint density at radius 2 is 1.77 bits per heavy atom. The number of nitrogens with two attached hydrogens (primary N) is 1. The number of hydrogen-bond acceptors (Lipinski definition) is 5. The zero-order valence-corrected chi connectivity index (χ0v) is 14.1. The molecule has 0 unspecified atom stereocenters. The van der Waals surface area contributed by atoms with Crippen LogP contribution in [-0.4, -0.2) is 31.5 Å². The van der Waals surface area contributed by atoms with Gasteiger partial charge >= 0.3 is 5.97 Å². The van der Waals surface area contributed by atoms with Crippen LogP contribution >= 0.6 is 0 Å². The van der Waals surface area contributed by atoms with Crippen LogP contribution in [0.3, 0.4) is 0 Å². The van der Waals surface area contributed by atoms with Crippen molar-refractivity contribution in [2.24, 2.45) is 5.73 Å². The Morgan fingerprint density at radius 1 is 1.08 bits per heavy atom. The Morgan fingerprint density at radius 3 is 2.42 bits per heavy atom. The van der Waals surface area contributed by atoms with Gasteiger partial charge in [-0.15, -0.1) is 0 Å². The molecule has 0 atom stereocenters. The fourth-order valence-electron chi connectivity index (χ4n) is 2.06. The van der Waals surface area contributed by atoms with E-state index >= 15 is 0 Å². The van der Waals surface area contributed by atoms with Crippen LogP contribution in [0.5, 0.6) is 5.75 Å². The second-order valence-electron chi connectivity index (χ2n) is 5.17. The molecule has 3 N–H and O–H groups in total. The molecule has 0 aliphatic carbocycles. The second kappa shape index (κ2) is 9.03. The van der Waals surface area contributed by atoms with E-state index < -0.39 is 24.4 Å². The highest BCUT2D eigenvalue weighted by molar-refractivity contribution is 5.96. The molecule has 7 nitrogen and oxygen atoms in total. The third-order valence-corrected chi connectivity index (χ3v) is 3.34. The van der Waals surface area contributed by atoms with Gasteiger partial charge in [0.2, 0.25) is 5.91 Å². The highest BCUT2D eigenvalue weighted by atomic mass is 16.5. The van der Waals surface area contributed by atoms with Gasteiger partial charge in [0, 0.05) is 22.9 Å². The summed E-state index contributed by atoms with van der Waals surface area (Å²) < 4.78 is 10.0. The van der Waals surface area contributed by atoms with Crippen molar-refractivity contribution in [2.75, 3.05) is 19.0 Å². The number of primary amides is 1. The molecular weight excluding hydrogens is 336 g/mol. The molecule has 2 aromatic rings. The first kappa shape index (κ1) is 18.7. The van der Waals surface area contributed by atoms with Crippen molar-refractivity contribution in [1.82, 2.24) is 0 Å². The van der Waals surface area contributed by atoms with Gasteiger partial charge in [0.1, 0.15) is 5.75 Å². The standard InChI is InChI=1S/C19H18N2O5/c1-25-16-5-3-2-4-13(16)8-11-18(23)26-12-17(22)21-15-9-6-14(7-10-15)19(20)24/h2-11H,12H2,1H3,(H2,20,24)(H,21,22)/b11-8+. The monoisotopic (exact) mass is 354 g/mol. The molecule has 26 heavy (non-hydrogen) atoms. The van der Waals surface area contributed by atoms with Gasteiger partial charge < -0.3 is 20.5 Å². The van der Waals surface area contributed by atoms with Crippen LogP contribution in [0.1, 0.15) is 15.9 Å². The Balaban J connectivity index is 1.83. The molecule has 0 aromatic heterocycles. The van der Waals surface area contributed by atoms with E-state index in [0.717, 1.165) is 0 Å². The lowest BCUT2D eigenvalue weighted by atomic mass is 10.2. The molecule has 2 aromatic carbocycles. The van der Waals surface area contributed by atoms with Crippen LogP contribution in [0.25, 0.3) is 6.08 Å². The van der Waals surface area contributed by atoms with E-state index in [9.17, 15) is 14.4 Å². The Hall–Kier alpha value is -3.61. The first-order chi connectivity index (χ1) is 12.5. The van der Waals surface area contributed by atoms with Crippen molar-refractivity contribution in [1.29, 1.82) is 0 Å². The normalized spacial score (nSPS) is 10.3. The summed E-state index contributed by atoms with van der Waals surface area (Å²) in [5.41, 5.74) is 6.64. The number of para-hydroxylation sites is 1. The summed E-state index contributed by atoms with van der Waals surface area (Å²) in [4.78, 5) is 34.5. The number of amides is 2. The summed E-state index contributed by atoms with van der Waals surface area (Å²) in [7, 11) is 1.53. The van der Waals surface area contributed by atoms with Crippen LogP contribution in [0.15, 0.2) is 54.6 Å². The van der Waals surface area contributed by atoms with E-state index in [2.05, 4.69) is 5.32 Å². The Labute approximate surface area is 150 Å². The van der Waals surface area contributed by atoms with Gasteiger partial charge in [-0.1, -0.05) is 18.2 Å². The van der Waals surface area contributed by atoms with E-state index in [0.29, 0.717) is 22.6 Å². The summed E-state index contributed by atoms with van der Waals surface area (Å²) in [6, 6.07) is 13.2. The van der Waals surface area contributed by atoms with Gasteiger partial charge in [0.15, 0.2) is 6.61 Å². The molecule has 0 saturated carbocycles. The maximum Gasteiger partial charge on any atom is 0.331 e. The summed E-state index contributed by atoms with van der Waals surface area (Å²) in [5, 5.41) is 2.54. The molecule has 0 spiro atoms. The van der Waals surface area contributed by atoms with Crippen LogP contribution in [0.4, 0.5) is 5.69 Å². The topological polar surface area (TPSA) is 108 Å². The SMILES string of the molecule is COc1ccccc1/C=C/C(=O)OCC(=O)Nc1ccc(C(N)=O)cc1. The van der Waals surface area contributed by atoms with Crippen LogP contribution in [0.2, 0.25) is 0 Å². The lowest BCUT2D eigenvalue weighted by Crippen LogP contribution is -2.20. The summed E-state index contributed by atoms with van der Waals surface area (Å²) in [6.45, 7) is -0.438. The fraction of sp³-hybridized carbons (Fsp3) is 0.105. The molecule has 2 amide bonds. The van der Waals surface area contributed by atoms with Crippen LogP contribution in [0, 0.1) is 0 Å². The summed E-state index contributed by atoms with van der Waals surface area (Å²) in [5.74, 6) is -1.10. The minimum absolute atomic E-state index is 0.330. The largest absolute Gasteiger partial charge is 0.496 e. The number of carbonyl (C=O) groups is 3. The maximum absolute atomic E-state index is 11.8. The molecule has 0 saturated heterocycles. The highest BCUT2D eigenvalue weighted by Gasteiger charge is 2.07. The molecule has 0 bridgehead atoms. The number of esters is 1. The second-order valence-corrected chi connectivity index (χ2v) is 5.17. The summed E-state index contributed by atoms with van der Waals surface area (Å²) >= 11 is 0. The number of hydrogen-bond donors (Lipinski definition) is 2. The van der Waals surface area contributed by atoms with Gasteiger partial charge in [-0.2, -0.15) is 0 Å². The van der Waals surface area contributed by atoms with Gasteiger partial charge in [-0.25, -0.2) is 4.79 Å². The first-order valence-corrected chi connectivity index (χ1v) is 7.67. The van der Waals surface area contributed by atoms with Crippen molar-refractivity contribution < 1.29 is 23.9 Å². The number of benzene rings is 2. The smallest absolute Gasteiger partial charge is 0.331 e. The van der Waals surface area contributed by atoms with E-state index in [1.807, 2.05) is 12.1 Å². The van der Waals surface area contributed by atoms with Crippen molar-refractivity contribution in [3.05, 3.63) is 65.7 Å². The average molecular weight is 354 g/mol. The summed E-state index contributed by atoms with van der Waals surface area (Å²) in [6.07, 6.45) is 2.76. The van der Waals surface area contributed by atoms with Crippen molar-refractivity contribution in [3.8, 4) is 5.75 Å². The molecule has 0 aliphatic rings. The molecule has 134 valence electrons. The van der Waals surface area contributed by atoms with Crippen molar-refractivity contribution in [3.63, 3.8) is 0 Å². The lowest BCUT2D eigenvalue weighted by molar-refractivity contribution is -0.142. The minimum Gasteiger partial charge on any atom is -0.496 e. The quantitative estimate of drug-likeness (QED) is 0.584. The van der Waals surface area contributed by atoms with E-state index in [-0.39, 0.29) is 0 Å². The highest BCUT2D eigenvalue weighted by Crippen LogP contribution is 2.18. The Bertz CT molecular complexity index is 828. The molecule has 0 fully saturated rings. The predicted octanol–water partition coefficient (Wildman–Crippen LogP) is 1.99. The first-order valence-electron chi connectivity index (χ1n) is 7.67. The number of ether oxygens (including phenoxy) is 2. The minimum atomic E-state index is -0.657. The molecular formula is C19H18N2O5. The average Bonchev–Trinajstić information content (AvgIpc) is 2.65. The number of methoxy groups -OCH3 is 1. The molecule has 2 rings (SSSR count).